The van der Waals surface area contributed by atoms with Crippen molar-refractivity contribution in [2.45, 2.75) is 9.79 Å². The van der Waals surface area contributed by atoms with Crippen molar-refractivity contribution in [1.82, 2.24) is 0 Å². The molecule has 2 aromatic carbocycles. The molecule has 0 aliphatic carbocycles. The summed E-state index contributed by atoms with van der Waals surface area (Å²) in [6, 6.07) is 12.0. The zero-order chi connectivity index (χ0) is 14.1. The van der Waals surface area contributed by atoms with Gasteiger partial charge in [0.05, 0.1) is 11.4 Å². The topological polar surface area (TPSA) is 44.4 Å². The van der Waals surface area contributed by atoms with Crippen molar-refractivity contribution < 1.29 is 4.79 Å². The summed E-state index contributed by atoms with van der Waals surface area (Å²) in [5.74, 6) is 0. The zero-order valence-electron chi connectivity index (χ0n) is 11.3. The van der Waals surface area contributed by atoms with E-state index in [-0.39, 0.29) is 0 Å². The summed E-state index contributed by atoms with van der Waals surface area (Å²) >= 11 is 1.68. The van der Waals surface area contributed by atoms with Crippen LogP contribution >= 0.6 is 11.8 Å². The van der Waals surface area contributed by atoms with Gasteiger partial charge in [0.1, 0.15) is 0 Å². The summed E-state index contributed by atoms with van der Waals surface area (Å²) in [5.41, 5.74) is 3.92. The van der Waals surface area contributed by atoms with Gasteiger partial charge in [0.25, 0.3) is 0 Å². The summed E-state index contributed by atoms with van der Waals surface area (Å²) in [7, 11) is 3.78. The van der Waals surface area contributed by atoms with Gasteiger partial charge >= 0.3 is 0 Å². The van der Waals surface area contributed by atoms with Gasteiger partial charge in [0.15, 0.2) is 0 Å². The summed E-state index contributed by atoms with van der Waals surface area (Å²) in [6.45, 7) is 0. The molecule has 4 nitrogen and oxygen atoms in total. The van der Waals surface area contributed by atoms with E-state index >= 15 is 0 Å². The van der Waals surface area contributed by atoms with Crippen LogP contribution in [0.4, 0.5) is 22.7 Å². The highest BCUT2D eigenvalue weighted by atomic mass is 32.2. The second kappa shape index (κ2) is 5.09. The van der Waals surface area contributed by atoms with E-state index in [1.807, 2.05) is 38.4 Å². The third-order valence-corrected chi connectivity index (χ3v) is 4.44. The predicted octanol–water partition coefficient (Wildman–Crippen LogP) is 3.53. The summed E-state index contributed by atoms with van der Waals surface area (Å²) in [4.78, 5) is 15.3. The molecule has 1 aliphatic rings. The highest BCUT2D eigenvalue weighted by Gasteiger charge is 2.23. The fraction of sp³-hybridized carbons (Fsp3) is 0.133. The van der Waals surface area contributed by atoms with Crippen molar-refractivity contribution in [2.24, 2.45) is 0 Å². The maximum Gasteiger partial charge on any atom is 0.218 e. The van der Waals surface area contributed by atoms with Crippen LogP contribution in [-0.2, 0) is 4.79 Å². The average Bonchev–Trinajstić information content (AvgIpc) is 2.51. The second-order valence-corrected chi connectivity index (χ2v) is 5.53. The standard InChI is InChI=1S/C15H15N3OS/c1-16-10-3-5-12-14(7-10)20-15-8-11(17-2)4-6-13(15)18(12)9-19/h3-9,16-17H,1-2H3. The first-order chi connectivity index (χ1) is 9.76. The molecule has 102 valence electrons. The Labute approximate surface area is 122 Å². The van der Waals surface area contributed by atoms with Crippen molar-refractivity contribution in [2.75, 3.05) is 29.6 Å². The number of nitrogens with one attached hydrogen (secondary N) is 2. The number of benzene rings is 2. The van der Waals surface area contributed by atoms with Gasteiger partial charge in [-0.1, -0.05) is 11.8 Å². The van der Waals surface area contributed by atoms with E-state index in [1.54, 1.807) is 16.7 Å². The van der Waals surface area contributed by atoms with Gasteiger partial charge in [-0.15, -0.1) is 0 Å². The lowest BCUT2D eigenvalue weighted by atomic mass is 10.2. The van der Waals surface area contributed by atoms with E-state index in [9.17, 15) is 4.79 Å². The molecule has 5 heteroatoms. The van der Waals surface area contributed by atoms with Gasteiger partial charge < -0.3 is 10.6 Å². The van der Waals surface area contributed by atoms with Gasteiger partial charge in [-0.25, -0.2) is 0 Å². The van der Waals surface area contributed by atoms with Gasteiger partial charge in [-0.2, -0.15) is 0 Å². The number of carbonyl (C=O) groups is 1. The number of fused-ring (bicyclic) bond motifs is 2. The highest BCUT2D eigenvalue weighted by molar-refractivity contribution is 7.99. The average molecular weight is 285 g/mol. The molecule has 0 fully saturated rings. The van der Waals surface area contributed by atoms with Crippen LogP contribution in [0.25, 0.3) is 0 Å². The van der Waals surface area contributed by atoms with Crippen molar-refractivity contribution >= 4 is 40.9 Å². The predicted molar refractivity (Wildman–Crippen MR) is 84.3 cm³/mol. The minimum Gasteiger partial charge on any atom is -0.388 e. The Hall–Kier alpha value is -2.14. The van der Waals surface area contributed by atoms with Gasteiger partial charge in [0, 0.05) is 35.3 Å². The monoisotopic (exact) mass is 285 g/mol. The maximum absolute atomic E-state index is 11.5. The van der Waals surface area contributed by atoms with E-state index in [2.05, 4.69) is 22.8 Å². The van der Waals surface area contributed by atoms with E-state index in [0.717, 1.165) is 39.0 Å². The number of hydrogen-bond acceptors (Lipinski definition) is 4. The minimum absolute atomic E-state index is 0.871. The maximum atomic E-state index is 11.5. The number of nitrogens with zero attached hydrogens (tertiary/aromatic N) is 1. The Morgan fingerprint density at radius 3 is 1.85 bits per heavy atom. The quantitative estimate of drug-likeness (QED) is 0.847. The van der Waals surface area contributed by atoms with Crippen molar-refractivity contribution in [1.29, 1.82) is 0 Å². The molecule has 0 spiro atoms. The molecule has 0 saturated carbocycles. The number of hydrogen-bond donors (Lipinski definition) is 2. The van der Waals surface area contributed by atoms with Crippen LogP contribution in [0.5, 0.6) is 0 Å². The van der Waals surface area contributed by atoms with Gasteiger partial charge in [-0.05, 0) is 36.4 Å². The number of amides is 1. The van der Waals surface area contributed by atoms with Crippen LogP contribution < -0.4 is 15.5 Å². The van der Waals surface area contributed by atoms with E-state index in [4.69, 9.17) is 0 Å². The van der Waals surface area contributed by atoms with Crippen molar-refractivity contribution in [3.8, 4) is 0 Å². The largest absolute Gasteiger partial charge is 0.388 e. The number of anilines is 4. The summed E-state index contributed by atoms with van der Waals surface area (Å²) in [6.07, 6.45) is 0.871. The lowest BCUT2D eigenvalue weighted by Crippen LogP contribution is -2.18. The molecule has 0 aromatic heterocycles. The Morgan fingerprint density at radius 1 is 0.950 bits per heavy atom. The molecule has 0 bridgehead atoms. The SMILES string of the molecule is CNc1ccc2c(c1)Sc1cc(NC)ccc1N2C=O. The first-order valence-corrected chi connectivity index (χ1v) is 7.14. The normalized spacial score (nSPS) is 12.4. The molecule has 1 aliphatic heterocycles. The molecular weight excluding hydrogens is 270 g/mol. The van der Waals surface area contributed by atoms with Crippen LogP contribution in [0.3, 0.4) is 0 Å². The van der Waals surface area contributed by atoms with E-state index in [1.165, 1.54) is 0 Å². The molecular formula is C15H15N3OS. The third-order valence-electron chi connectivity index (χ3n) is 3.34. The molecule has 0 atom stereocenters. The van der Waals surface area contributed by atoms with Gasteiger partial charge in [-0.3, -0.25) is 9.69 Å². The first kappa shape index (κ1) is 12.9. The number of rotatable bonds is 3. The van der Waals surface area contributed by atoms with E-state index in [0.29, 0.717) is 0 Å². The molecule has 2 N–H and O–H groups in total. The molecule has 20 heavy (non-hydrogen) atoms. The zero-order valence-corrected chi connectivity index (χ0v) is 12.1. The van der Waals surface area contributed by atoms with Crippen LogP contribution in [0.2, 0.25) is 0 Å². The molecule has 0 unspecified atom stereocenters. The summed E-state index contributed by atoms with van der Waals surface area (Å²) < 4.78 is 0. The molecule has 0 saturated heterocycles. The Bertz CT molecular complexity index is 619. The minimum atomic E-state index is 0.871. The molecule has 0 radical (unpaired) electrons. The smallest absolute Gasteiger partial charge is 0.218 e. The van der Waals surface area contributed by atoms with Crippen LogP contribution in [0.15, 0.2) is 46.2 Å². The van der Waals surface area contributed by atoms with Gasteiger partial charge in [0.2, 0.25) is 6.41 Å². The highest BCUT2D eigenvalue weighted by Crippen LogP contribution is 2.48. The third kappa shape index (κ3) is 2.00. The first-order valence-electron chi connectivity index (χ1n) is 6.33. The molecule has 3 rings (SSSR count). The van der Waals surface area contributed by atoms with E-state index < -0.39 is 0 Å². The summed E-state index contributed by atoms with van der Waals surface area (Å²) in [5, 5.41) is 6.25. The van der Waals surface area contributed by atoms with Crippen LogP contribution in [-0.4, -0.2) is 20.5 Å². The lowest BCUT2D eigenvalue weighted by molar-refractivity contribution is -0.106. The van der Waals surface area contributed by atoms with Crippen molar-refractivity contribution in [3.63, 3.8) is 0 Å². The fourth-order valence-corrected chi connectivity index (χ4v) is 3.41. The number of carbonyl (C=O) groups excluding carboxylic acids is 1. The molecule has 1 amide bonds. The Kier molecular flexibility index (Phi) is 3.28. The fourth-order valence-electron chi connectivity index (χ4n) is 2.26. The Morgan fingerprint density at radius 2 is 1.45 bits per heavy atom. The van der Waals surface area contributed by atoms with Crippen LogP contribution in [0, 0.1) is 0 Å². The van der Waals surface area contributed by atoms with Crippen molar-refractivity contribution in [3.05, 3.63) is 36.4 Å². The van der Waals surface area contributed by atoms with Crippen LogP contribution in [0.1, 0.15) is 0 Å². The molecule has 1 heterocycles. The Balaban J connectivity index is 2.13. The second-order valence-electron chi connectivity index (χ2n) is 4.44. The molecule has 2 aromatic rings. The lowest BCUT2D eigenvalue weighted by Gasteiger charge is -2.28.